The zero-order valence-electron chi connectivity index (χ0n) is 24.5. The average molecular weight is 608 g/mol. The molecule has 0 saturated heterocycles. The molecule has 4 aromatic rings. The van der Waals surface area contributed by atoms with Gasteiger partial charge in [0, 0.05) is 21.6 Å². The second-order valence-corrected chi connectivity index (χ2v) is 13.3. The molecule has 4 nitrogen and oxygen atoms in total. The van der Waals surface area contributed by atoms with Gasteiger partial charge in [-0.05, 0) is 104 Å². The molecule has 1 heterocycles. The molecule has 7 heteroatoms. The number of fused-ring (bicyclic) bond motifs is 1. The van der Waals surface area contributed by atoms with E-state index in [2.05, 4.69) is 36.4 Å². The maximum absolute atomic E-state index is 11.4. The summed E-state index contributed by atoms with van der Waals surface area (Å²) in [5.41, 5.74) is 5.03. The van der Waals surface area contributed by atoms with E-state index in [4.69, 9.17) is 16.6 Å². The molecule has 0 amide bonds. The van der Waals surface area contributed by atoms with E-state index in [1.807, 2.05) is 80.2 Å². The fraction of sp³-hybridized carbons (Fsp3) is 0.314. The number of benzene rings is 3. The smallest absolute Gasteiger partial charge is 0.550 e. The Morgan fingerprint density at radius 1 is 1.07 bits per heavy atom. The Morgan fingerprint density at radius 2 is 1.83 bits per heavy atom. The Kier molecular flexibility index (Phi) is 11.0. The molecule has 1 fully saturated rings. The summed E-state index contributed by atoms with van der Waals surface area (Å²) >= 11 is 8.01. The van der Waals surface area contributed by atoms with Crippen LogP contribution in [0.1, 0.15) is 72.7 Å². The number of aromatic nitrogens is 1. The number of carboxylic acids is 1. The largest absolute Gasteiger partial charge is 1.00 e. The Labute approximate surface area is 279 Å². The number of aliphatic hydroxyl groups is 1. The van der Waals surface area contributed by atoms with E-state index >= 15 is 0 Å². The number of hydrogen-bond acceptors (Lipinski definition) is 5. The monoisotopic (exact) mass is 607 g/mol. The van der Waals surface area contributed by atoms with Gasteiger partial charge in [-0.15, -0.1) is 0 Å². The van der Waals surface area contributed by atoms with E-state index in [0.29, 0.717) is 5.02 Å². The van der Waals surface area contributed by atoms with E-state index in [1.165, 1.54) is 5.56 Å². The van der Waals surface area contributed by atoms with Crippen molar-refractivity contribution in [1.29, 1.82) is 0 Å². The molecule has 0 bridgehead atoms. The molecule has 1 atom stereocenters. The van der Waals surface area contributed by atoms with Crippen molar-refractivity contribution in [3.8, 4) is 0 Å². The molecule has 1 aliphatic rings. The summed E-state index contributed by atoms with van der Waals surface area (Å²) in [4.78, 5) is 16.1. The third-order valence-corrected chi connectivity index (χ3v) is 9.75. The summed E-state index contributed by atoms with van der Waals surface area (Å²) in [5.74, 6) is -0.168. The van der Waals surface area contributed by atoms with E-state index in [0.717, 1.165) is 64.7 Å². The fourth-order valence-electron chi connectivity index (χ4n) is 5.34. The van der Waals surface area contributed by atoms with Crippen LogP contribution in [0.25, 0.3) is 23.1 Å². The number of aliphatic carboxylic acids is 1. The summed E-state index contributed by atoms with van der Waals surface area (Å²) in [6.45, 7) is 3.65. The minimum absolute atomic E-state index is 0. The SMILES string of the molecule is CC(C)(O)c1ccccc1CCC(SCC1(CC(=O)[O-])CC1)c1cccc(/C=C/c2ccc3ccc(Cl)cc3n2)c1.[Na+]. The predicted molar refractivity (Wildman–Crippen MR) is 169 cm³/mol. The van der Waals surface area contributed by atoms with Gasteiger partial charge in [0.1, 0.15) is 0 Å². The number of thioether (sulfide) groups is 1. The second kappa shape index (κ2) is 14.1. The number of aryl methyl sites for hydroxylation is 1. The summed E-state index contributed by atoms with van der Waals surface area (Å²) in [6.07, 6.45) is 7.78. The van der Waals surface area contributed by atoms with Crippen LogP contribution in [0.2, 0.25) is 5.02 Å². The van der Waals surface area contributed by atoms with Crippen molar-refractivity contribution in [2.45, 2.75) is 56.8 Å². The van der Waals surface area contributed by atoms with Crippen molar-refractivity contribution in [3.63, 3.8) is 0 Å². The number of hydrogen-bond donors (Lipinski definition) is 1. The van der Waals surface area contributed by atoms with Gasteiger partial charge in [-0.25, -0.2) is 4.98 Å². The van der Waals surface area contributed by atoms with E-state index < -0.39 is 11.6 Å². The Balaban J connectivity index is 0.00000405. The second-order valence-electron chi connectivity index (χ2n) is 11.7. The fourth-order valence-corrected chi connectivity index (χ4v) is 7.08. The van der Waals surface area contributed by atoms with Crippen molar-refractivity contribution in [3.05, 3.63) is 112 Å². The summed E-state index contributed by atoms with van der Waals surface area (Å²) < 4.78 is 0. The van der Waals surface area contributed by atoms with Gasteiger partial charge >= 0.3 is 29.6 Å². The average Bonchev–Trinajstić information content (AvgIpc) is 3.70. The van der Waals surface area contributed by atoms with Gasteiger partial charge in [-0.3, -0.25) is 0 Å². The van der Waals surface area contributed by atoms with Gasteiger partial charge in [-0.2, -0.15) is 11.8 Å². The van der Waals surface area contributed by atoms with Crippen molar-refractivity contribution >= 4 is 52.4 Å². The van der Waals surface area contributed by atoms with Crippen LogP contribution in [0, 0.1) is 5.41 Å². The molecule has 0 radical (unpaired) electrons. The number of carboxylic acid groups (broad SMARTS) is 1. The summed E-state index contributed by atoms with van der Waals surface area (Å²) in [6, 6.07) is 26.4. The molecule has 1 unspecified atom stereocenters. The molecule has 42 heavy (non-hydrogen) atoms. The molecule has 1 aliphatic carbocycles. The van der Waals surface area contributed by atoms with Crippen molar-refractivity contribution < 1.29 is 44.6 Å². The molecule has 0 spiro atoms. The van der Waals surface area contributed by atoms with Gasteiger partial charge in [0.2, 0.25) is 0 Å². The first-order chi connectivity index (χ1) is 19.6. The third-order valence-electron chi connectivity index (χ3n) is 7.82. The van der Waals surface area contributed by atoms with E-state index in [9.17, 15) is 15.0 Å². The van der Waals surface area contributed by atoms with Crippen molar-refractivity contribution in [2.75, 3.05) is 5.75 Å². The zero-order chi connectivity index (χ0) is 29.0. The molecule has 212 valence electrons. The first-order valence-corrected chi connectivity index (χ1v) is 15.5. The standard InChI is InChI=1S/C35H36ClNO3S.Na/c1-34(2,40)30-9-4-3-7-25(30)13-17-32(41-23-35(18-19-35)22-33(38)39)27-8-5-6-24(20-27)10-15-29-16-12-26-11-14-28(36)21-31(26)37-29;/h3-12,14-16,20-21,32,40H,13,17-19,22-23H2,1-2H3,(H,38,39);/q;+1/p-1/b15-10+;. The van der Waals surface area contributed by atoms with Crippen LogP contribution in [-0.4, -0.2) is 21.8 Å². The van der Waals surface area contributed by atoms with Gasteiger partial charge in [0.25, 0.3) is 0 Å². The van der Waals surface area contributed by atoms with E-state index in [-0.39, 0.29) is 46.6 Å². The topological polar surface area (TPSA) is 73.2 Å². The number of rotatable bonds is 12. The van der Waals surface area contributed by atoms with Crippen LogP contribution in [0.3, 0.4) is 0 Å². The summed E-state index contributed by atoms with van der Waals surface area (Å²) in [7, 11) is 0. The number of pyridine rings is 1. The molecular weight excluding hydrogens is 573 g/mol. The van der Waals surface area contributed by atoms with Crippen molar-refractivity contribution in [2.24, 2.45) is 5.41 Å². The first-order valence-electron chi connectivity index (χ1n) is 14.1. The minimum atomic E-state index is -0.963. The quantitative estimate of drug-likeness (QED) is 0.238. The normalized spacial score (nSPS) is 15.0. The number of carbonyl (C=O) groups excluding carboxylic acids is 1. The van der Waals surface area contributed by atoms with Crippen LogP contribution in [0.4, 0.5) is 0 Å². The van der Waals surface area contributed by atoms with E-state index in [1.54, 1.807) is 0 Å². The molecular formula is C35H35ClNNaO3S. The van der Waals surface area contributed by atoms with Crippen LogP contribution < -0.4 is 34.7 Å². The molecule has 1 aromatic heterocycles. The molecule has 1 N–H and O–H groups in total. The number of carbonyl (C=O) groups is 1. The maximum atomic E-state index is 11.4. The molecule has 3 aromatic carbocycles. The van der Waals surface area contributed by atoms with Gasteiger partial charge in [0.15, 0.2) is 0 Å². The Morgan fingerprint density at radius 3 is 2.57 bits per heavy atom. The van der Waals surface area contributed by atoms with Crippen LogP contribution in [0.5, 0.6) is 0 Å². The third kappa shape index (κ3) is 8.72. The Hall–Kier alpha value is -2.12. The van der Waals surface area contributed by atoms with Crippen LogP contribution in [0.15, 0.2) is 78.9 Å². The summed E-state index contributed by atoms with van der Waals surface area (Å²) in [5, 5.41) is 24.0. The van der Waals surface area contributed by atoms with Crippen LogP contribution in [-0.2, 0) is 16.8 Å². The predicted octanol–water partition coefficient (Wildman–Crippen LogP) is 4.62. The minimum Gasteiger partial charge on any atom is -0.550 e. The first kappa shape index (κ1) is 32.8. The number of halogens is 1. The maximum Gasteiger partial charge on any atom is 1.00 e. The van der Waals surface area contributed by atoms with Crippen LogP contribution >= 0.6 is 23.4 Å². The van der Waals surface area contributed by atoms with Gasteiger partial charge in [-0.1, -0.05) is 78.3 Å². The number of nitrogens with zero attached hydrogens (tertiary/aromatic N) is 1. The zero-order valence-corrected chi connectivity index (χ0v) is 28.0. The molecule has 0 aliphatic heterocycles. The Bertz CT molecular complexity index is 1580. The molecule has 5 rings (SSSR count). The van der Waals surface area contributed by atoms with Gasteiger partial charge in [0.05, 0.1) is 16.8 Å². The molecule has 1 saturated carbocycles. The van der Waals surface area contributed by atoms with Crippen molar-refractivity contribution in [1.82, 2.24) is 4.98 Å². The van der Waals surface area contributed by atoms with Gasteiger partial charge < -0.3 is 15.0 Å².